The number of aliphatic hydroxyl groups excluding tert-OH is 1. The quantitative estimate of drug-likeness (QED) is 0.0197. The van der Waals surface area contributed by atoms with E-state index >= 15 is 0 Å². The average molecular weight is 1130 g/mol. The minimum absolute atomic E-state index is 0.0653. The van der Waals surface area contributed by atoms with Gasteiger partial charge in [-0.3, -0.25) is 23.4 Å². The summed E-state index contributed by atoms with van der Waals surface area (Å²) in [5.74, 6) is -1.66. The van der Waals surface area contributed by atoms with Gasteiger partial charge < -0.3 is 24.2 Å². The Bertz CT molecular complexity index is 1900. The molecule has 0 spiro atoms. The molecule has 12 heteroatoms. The molecule has 0 aliphatic heterocycles. The Hall–Kier alpha value is -4.64. The summed E-state index contributed by atoms with van der Waals surface area (Å²) in [7, 11) is -4.80. The normalized spacial score (nSPS) is 14.3. The number of hydrogen-bond acceptors (Lipinski definition) is 10. The summed E-state index contributed by atoms with van der Waals surface area (Å²) in [6.07, 6.45) is 78.3. The van der Waals surface area contributed by atoms with E-state index in [9.17, 15) is 28.9 Å². The maximum Gasteiger partial charge on any atom is 0.472 e. The van der Waals surface area contributed by atoms with Gasteiger partial charge in [-0.15, -0.1) is 0 Å². The van der Waals surface area contributed by atoms with Crippen molar-refractivity contribution in [2.75, 3.05) is 26.4 Å². The summed E-state index contributed by atoms with van der Waals surface area (Å²) in [6.45, 7) is 4.23. The molecule has 0 aliphatic rings. The standard InChI is InChI=1S/C68H109O11P/c1-4-7-10-13-16-19-22-25-28-30-32-34-37-39-42-45-48-51-54-57-66(70)75-61-65(79-68(72)59-56-53-50-47-44-41-38-35-33-31-29-26-23-20-17-14-11-8-5-2)63-77-80(73,74)76-62-64(60-69)78-67(71)58-55-52-49-46-43-40-36-27-24-21-18-15-12-9-6-3/h8-9,11-12,16-21,25-29,33,35-36,41,43-44,46,52,55,64-65,69H,4-7,10,13-15,22-24,30-32,34,37-40,42,45,47-51,53-54,56-63H2,1-3H3,(H,73,74)/b11-8-,12-9-,19-16-,20-17-,21-18-,28-25-,29-26-,35-33-,36-27-,44-41-,46-43-,55-52-. The minimum atomic E-state index is -4.80. The first-order valence-corrected chi connectivity index (χ1v) is 32.2. The topological polar surface area (TPSA) is 155 Å². The molecule has 452 valence electrons. The second-order valence-corrected chi connectivity index (χ2v) is 21.2. The van der Waals surface area contributed by atoms with E-state index in [0.29, 0.717) is 19.3 Å². The molecular formula is C68H109O11P. The molecule has 0 bridgehead atoms. The van der Waals surface area contributed by atoms with E-state index in [0.717, 1.165) is 109 Å². The summed E-state index contributed by atoms with van der Waals surface area (Å²) in [4.78, 5) is 48.6. The Morgan fingerprint density at radius 1 is 0.375 bits per heavy atom. The van der Waals surface area contributed by atoms with Crippen molar-refractivity contribution >= 4 is 25.7 Å². The predicted molar refractivity (Wildman–Crippen MR) is 334 cm³/mol. The third-order valence-electron chi connectivity index (χ3n) is 12.3. The number of aliphatic hydroxyl groups is 1. The first kappa shape index (κ1) is 75.4. The fourth-order valence-corrected chi connectivity index (χ4v) is 8.45. The zero-order valence-corrected chi connectivity index (χ0v) is 50.9. The van der Waals surface area contributed by atoms with E-state index in [2.05, 4.69) is 142 Å². The number of hydrogen-bond donors (Lipinski definition) is 2. The van der Waals surface area contributed by atoms with E-state index in [4.69, 9.17) is 23.3 Å². The van der Waals surface area contributed by atoms with E-state index in [1.54, 1.807) is 6.08 Å². The molecule has 80 heavy (non-hydrogen) atoms. The molecular weight excluding hydrogens is 1020 g/mol. The average Bonchev–Trinajstić information content (AvgIpc) is 3.45. The Morgan fingerprint density at radius 2 is 0.700 bits per heavy atom. The summed E-state index contributed by atoms with van der Waals surface area (Å²) in [6, 6.07) is 0. The highest BCUT2D eigenvalue weighted by Gasteiger charge is 2.28. The second-order valence-electron chi connectivity index (χ2n) is 19.8. The van der Waals surface area contributed by atoms with Crippen LogP contribution in [0.25, 0.3) is 0 Å². The molecule has 0 rings (SSSR count). The summed E-state index contributed by atoms with van der Waals surface area (Å²) in [5, 5.41) is 9.81. The van der Waals surface area contributed by atoms with Gasteiger partial charge in [-0.25, -0.2) is 4.57 Å². The van der Waals surface area contributed by atoms with Crippen molar-refractivity contribution in [2.45, 2.75) is 238 Å². The molecule has 0 aliphatic carbocycles. The Balaban J connectivity index is 4.88. The van der Waals surface area contributed by atoms with Gasteiger partial charge in [-0.2, -0.15) is 0 Å². The van der Waals surface area contributed by atoms with Gasteiger partial charge in [0.25, 0.3) is 0 Å². The maximum absolute atomic E-state index is 12.9. The van der Waals surface area contributed by atoms with Crippen LogP contribution >= 0.6 is 7.82 Å². The van der Waals surface area contributed by atoms with Crippen LogP contribution in [0.15, 0.2) is 146 Å². The zero-order chi connectivity index (χ0) is 58.3. The maximum atomic E-state index is 12.9. The van der Waals surface area contributed by atoms with Crippen LogP contribution in [0.3, 0.4) is 0 Å². The molecule has 2 N–H and O–H groups in total. The first-order chi connectivity index (χ1) is 39.2. The molecule has 0 aromatic rings. The number of allylic oxidation sites excluding steroid dienone is 23. The minimum Gasteiger partial charge on any atom is -0.462 e. The van der Waals surface area contributed by atoms with Crippen molar-refractivity contribution < 1.29 is 52.2 Å². The van der Waals surface area contributed by atoms with Crippen LogP contribution in [-0.4, -0.2) is 66.5 Å². The highest BCUT2D eigenvalue weighted by molar-refractivity contribution is 7.47. The van der Waals surface area contributed by atoms with Crippen LogP contribution in [0.5, 0.6) is 0 Å². The summed E-state index contributed by atoms with van der Waals surface area (Å²) >= 11 is 0. The number of ether oxygens (including phenoxy) is 3. The third-order valence-corrected chi connectivity index (χ3v) is 13.2. The van der Waals surface area contributed by atoms with Crippen LogP contribution in [0.1, 0.15) is 226 Å². The van der Waals surface area contributed by atoms with Crippen molar-refractivity contribution in [3.63, 3.8) is 0 Å². The summed E-state index contributed by atoms with van der Waals surface area (Å²) < 4.78 is 39.5. The highest BCUT2D eigenvalue weighted by Crippen LogP contribution is 2.43. The van der Waals surface area contributed by atoms with Gasteiger partial charge in [0, 0.05) is 12.8 Å². The number of phosphoric ester groups is 1. The van der Waals surface area contributed by atoms with Gasteiger partial charge in [0.1, 0.15) is 12.7 Å². The van der Waals surface area contributed by atoms with Crippen molar-refractivity contribution in [1.29, 1.82) is 0 Å². The molecule has 0 fully saturated rings. The lowest BCUT2D eigenvalue weighted by Gasteiger charge is -2.21. The fraction of sp³-hybridized carbons (Fsp3) is 0.603. The highest BCUT2D eigenvalue weighted by atomic mass is 31.2. The molecule has 11 nitrogen and oxygen atoms in total. The number of phosphoric acid groups is 1. The van der Waals surface area contributed by atoms with E-state index in [-0.39, 0.29) is 25.9 Å². The Labute approximate surface area is 486 Å². The summed E-state index contributed by atoms with van der Waals surface area (Å²) in [5.41, 5.74) is 0. The molecule has 0 aromatic heterocycles. The van der Waals surface area contributed by atoms with Crippen molar-refractivity contribution in [2.24, 2.45) is 0 Å². The Morgan fingerprint density at radius 3 is 1.11 bits per heavy atom. The van der Waals surface area contributed by atoms with Gasteiger partial charge >= 0.3 is 25.7 Å². The van der Waals surface area contributed by atoms with E-state index in [1.807, 2.05) is 18.2 Å². The van der Waals surface area contributed by atoms with Crippen LogP contribution in [0, 0.1) is 0 Å². The van der Waals surface area contributed by atoms with Crippen LogP contribution in [0.2, 0.25) is 0 Å². The molecule has 0 saturated heterocycles. The van der Waals surface area contributed by atoms with E-state index in [1.165, 1.54) is 57.8 Å². The van der Waals surface area contributed by atoms with Crippen LogP contribution in [-0.2, 0) is 42.2 Å². The molecule has 0 amide bonds. The van der Waals surface area contributed by atoms with Crippen molar-refractivity contribution in [1.82, 2.24) is 0 Å². The fourth-order valence-electron chi connectivity index (χ4n) is 7.66. The van der Waals surface area contributed by atoms with Gasteiger partial charge in [-0.05, 0) is 122 Å². The molecule has 0 aromatic carbocycles. The molecule has 0 heterocycles. The number of unbranched alkanes of at least 4 members (excludes halogenated alkanes) is 15. The molecule has 0 radical (unpaired) electrons. The largest absolute Gasteiger partial charge is 0.472 e. The number of carbonyl (C=O) groups excluding carboxylic acids is 3. The Kier molecular flexibility index (Phi) is 56.9. The van der Waals surface area contributed by atoms with Gasteiger partial charge in [0.15, 0.2) is 6.10 Å². The van der Waals surface area contributed by atoms with Crippen LogP contribution < -0.4 is 0 Å². The van der Waals surface area contributed by atoms with Gasteiger partial charge in [-0.1, -0.05) is 231 Å². The predicted octanol–water partition coefficient (Wildman–Crippen LogP) is 18.7. The zero-order valence-electron chi connectivity index (χ0n) is 50.0. The number of esters is 3. The lowest BCUT2D eigenvalue weighted by molar-refractivity contribution is -0.161. The SMILES string of the molecule is CC/C=C\C/C=C\C/C=C\C/C=C\C/C=C\CCCCCC(=O)OC(COC(=O)CCCCCCCCCCC/C=C\C/C=C\CCCCC)COP(=O)(O)OCC(CO)OC(=O)C/C=C\C/C=C\C/C=C\C/C=C\C/C=C\CC. The smallest absolute Gasteiger partial charge is 0.462 e. The molecule has 0 saturated carbocycles. The monoisotopic (exact) mass is 1130 g/mol. The second kappa shape index (κ2) is 60.5. The number of rotatable bonds is 55. The van der Waals surface area contributed by atoms with Crippen LogP contribution in [0.4, 0.5) is 0 Å². The molecule has 3 unspecified atom stereocenters. The van der Waals surface area contributed by atoms with Crippen molar-refractivity contribution in [3.05, 3.63) is 146 Å². The number of carbonyl (C=O) groups is 3. The van der Waals surface area contributed by atoms with Crippen molar-refractivity contribution in [3.8, 4) is 0 Å². The lowest BCUT2D eigenvalue weighted by Crippen LogP contribution is -2.30. The third kappa shape index (κ3) is 58.0. The molecule has 3 atom stereocenters. The first-order valence-electron chi connectivity index (χ1n) is 30.7. The van der Waals surface area contributed by atoms with Gasteiger partial charge in [0.05, 0.1) is 26.2 Å². The lowest BCUT2D eigenvalue weighted by atomic mass is 10.1. The van der Waals surface area contributed by atoms with E-state index < -0.39 is 57.8 Å². The van der Waals surface area contributed by atoms with Gasteiger partial charge in [0.2, 0.25) is 0 Å².